The highest BCUT2D eigenvalue weighted by molar-refractivity contribution is 6.03. The fraction of sp³-hybridized carbons (Fsp3) is 0.385. The zero-order chi connectivity index (χ0) is 12.9. The highest BCUT2D eigenvalue weighted by Gasteiger charge is 2.59. The molecule has 2 unspecified atom stereocenters. The van der Waals surface area contributed by atoms with Crippen LogP contribution < -0.4 is 4.90 Å². The number of benzene rings is 1. The maximum absolute atomic E-state index is 11.9. The highest BCUT2D eigenvalue weighted by atomic mass is 16.5. The maximum Gasteiger partial charge on any atom is 0.318 e. The van der Waals surface area contributed by atoms with E-state index in [9.17, 15) is 14.7 Å². The van der Waals surface area contributed by atoms with Crippen LogP contribution in [-0.4, -0.2) is 29.8 Å². The van der Waals surface area contributed by atoms with E-state index in [0.717, 1.165) is 0 Å². The summed E-state index contributed by atoms with van der Waals surface area (Å²) in [6.07, 6.45) is 0.499. The lowest BCUT2D eigenvalue weighted by atomic mass is 9.90. The van der Waals surface area contributed by atoms with Crippen molar-refractivity contribution in [3.8, 4) is 0 Å². The van der Waals surface area contributed by atoms with Crippen LogP contribution in [0.15, 0.2) is 24.3 Å². The predicted molar refractivity (Wildman–Crippen MR) is 62.9 cm³/mol. The Labute approximate surface area is 104 Å². The van der Waals surface area contributed by atoms with E-state index >= 15 is 0 Å². The number of rotatable bonds is 1. The number of hydrogen-bond acceptors (Lipinski definition) is 4. The molecule has 1 aromatic rings. The lowest BCUT2D eigenvalue weighted by molar-refractivity contribution is -0.148. The van der Waals surface area contributed by atoms with Crippen molar-refractivity contribution in [2.75, 3.05) is 12.0 Å². The molecule has 1 saturated heterocycles. The number of para-hydroxylation sites is 1. The Hall–Kier alpha value is -1.88. The normalized spacial score (nSPS) is 29.1. The first-order chi connectivity index (χ1) is 8.59. The van der Waals surface area contributed by atoms with Gasteiger partial charge in [-0.15, -0.1) is 0 Å². The number of aliphatic hydroxyl groups is 1. The molecule has 2 heterocycles. The molecule has 0 spiro atoms. The van der Waals surface area contributed by atoms with Crippen LogP contribution in [0.2, 0.25) is 0 Å². The van der Waals surface area contributed by atoms with E-state index < -0.39 is 17.6 Å². The van der Waals surface area contributed by atoms with Crippen molar-refractivity contribution in [1.29, 1.82) is 0 Å². The van der Waals surface area contributed by atoms with E-state index in [0.29, 0.717) is 11.3 Å². The number of methoxy groups -OCH3 is 1. The zero-order valence-corrected chi connectivity index (χ0v) is 9.92. The summed E-state index contributed by atoms with van der Waals surface area (Å²) in [5.41, 5.74) is -0.203. The van der Waals surface area contributed by atoms with Crippen molar-refractivity contribution in [2.45, 2.75) is 24.5 Å². The van der Waals surface area contributed by atoms with Crippen LogP contribution in [0.25, 0.3) is 0 Å². The van der Waals surface area contributed by atoms with Crippen molar-refractivity contribution in [3.05, 3.63) is 29.8 Å². The number of carbonyl (C=O) groups is 2. The summed E-state index contributed by atoms with van der Waals surface area (Å²) in [5.74, 6) is -1.48. The van der Waals surface area contributed by atoms with E-state index in [1.54, 1.807) is 24.3 Å². The van der Waals surface area contributed by atoms with Gasteiger partial charge >= 0.3 is 5.97 Å². The maximum atomic E-state index is 11.9. The van der Waals surface area contributed by atoms with Gasteiger partial charge in [0.15, 0.2) is 5.72 Å². The van der Waals surface area contributed by atoms with Crippen LogP contribution in [0, 0.1) is 0 Å². The molecule has 1 N–H and O–H groups in total. The van der Waals surface area contributed by atoms with E-state index in [1.807, 2.05) is 0 Å². The second-order valence-corrected chi connectivity index (χ2v) is 4.62. The lowest BCUT2D eigenvalue weighted by Gasteiger charge is -2.30. The van der Waals surface area contributed by atoms with Gasteiger partial charge in [0, 0.05) is 12.8 Å². The quantitative estimate of drug-likeness (QED) is 0.744. The third-order valence-corrected chi connectivity index (χ3v) is 3.73. The second kappa shape index (κ2) is 3.55. The molecule has 0 saturated carbocycles. The standard InChI is InChI=1S/C13H13NO4/c1-18-12(16)11-8-4-2-3-5-9(8)14-10(15)6-7-13(11,14)17/h2-5,11,17H,6-7H2,1H3. The van der Waals surface area contributed by atoms with Gasteiger partial charge in [0.2, 0.25) is 5.91 Å². The topological polar surface area (TPSA) is 66.8 Å². The highest BCUT2D eigenvalue weighted by Crippen LogP contribution is 2.52. The molecule has 1 aromatic carbocycles. The van der Waals surface area contributed by atoms with Crippen molar-refractivity contribution in [3.63, 3.8) is 0 Å². The van der Waals surface area contributed by atoms with Crippen LogP contribution in [0.4, 0.5) is 5.69 Å². The first-order valence-corrected chi connectivity index (χ1v) is 5.82. The summed E-state index contributed by atoms with van der Waals surface area (Å²) < 4.78 is 4.76. The van der Waals surface area contributed by atoms with Crippen molar-refractivity contribution in [1.82, 2.24) is 0 Å². The number of fused-ring (bicyclic) bond motifs is 3. The van der Waals surface area contributed by atoms with Crippen LogP contribution >= 0.6 is 0 Å². The summed E-state index contributed by atoms with van der Waals surface area (Å²) in [6, 6.07) is 7.06. The van der Waals surface area contributed by atoms with Gasteiger partial charge in [-0.3, -0.25) is 14.5 Å². The average Bonchev–Trinajstić information content (AvgIpc) is 2.80. The average molecular weight is 247 g/mol. The van der Waals surface area contributed by atoms with E-state index in [4.69, 9.17) is 4.74 Å². The van der Waals surface area contributed by atoms with Gasteiger partial charge in [-0.05, 0) is 11.6 Å². The van der Waals surface area contributed by atoms with Crippen LogP contribution in [-0.2, 0) is 14.3 Å². The fourth-order valence-electron chi connectivity index (χ4n) is 2.96. The third-order valence-electron chi connectivity index (χ3n) is 3.73. The molecule has 5 heteroatoms. The minimum absolute atomic E-state index is 0.156. The molecule has 3 rings (SSSR count). The van der Waals surface area contributed by atoms with Crippen molar-refractivity contribution in [2.24, 2.45) is 0 Å². The number of amides is 1. The summed E-state index contributed by atoms with van der Waals surface area (Å²) in [6.45, 7) is 0. The summed E-state index contributed by atoms with van der Waals surface area (Å²) >= 11 is 0. The molecule has 1 fully saturated rings. The van der Waals surface area contributed by atoms with Gasteiger partial charge in [-0.1, -0.05) is 18.2 Å². The SMILES string of the molecule is COC(=O)C1c2ccccc2N2C(=O)CCC12O. The zero-order valence-electron chi connectivity index (χ0n) is 9.92. The van der Waals surface area contributed by atoms with Crippen molar-refractivity contribution < 1.29 is 19.4 Å². The van der Waals surface area contributed by atoms with Crippen LogP contribution in [0.1, 0.15) is 24.3 Å². The van der Waals surface area contributed by atoms with Gasteiger partial charge in [0.1, 0.15) is 5.92 Å². The molecule has 0 aromatic heterocycles. The Bertz CT molecular complexity index is 542. The van der Waals surface area contributed by atoms with Gasteiger partial charge in [-0.2, -0.15) is 0 Å². The molecular formula is C13H13NO4. The Morgan fingerprint density at radius 1 is 1.50 bits per heavy atom. The summed E-state index contributed by atoms with van der Waals surface area (Å²) in [5, 5.41) is 10.7. The lowest BCUT2D eigenvalue weighted by Crippen LogP contribution is -2.48. The summed E-state index contributed by atoms with van der Waals surface area (Å²) in [7, 11) is 1.29. The Morgan fingerprint density at radius 3 is 2.94 bits per heavy atom. The minimum atomic E-state index is -1.46. The third kappa shape index (κ3) is 1.19. The van der Waals surface area contributed by atoms with Crippen LogP contribution in [0.3, 0.4) is 0 Å². The van der Waals surface area contributed by atoms with E-state index in [2.05, 4.69) is 0 Å². The number of nitrogens with zero attached hydrogens (tertiary/aromatic N) is 1. The second-order valence-electron chi connectivity index (χ2n) is 4.62. The molecular weight excluding hydrogens is 234 g/mol. The molecule has 2 aliphatic heterocycles. The Kier molecular flexibility index (Phi) is 2.22. The molecule has 94 valence electrons. The number of carbonyl (C=O) groups excluding carboxylic acids is 2. The Balaban J connectivity index is 2.21. The Morgan fingerprint density at radius 2 is 2.22 bits per heavy atom. The molecule has 18 heavy (non-hydrogen) atoms. The van der Waals surface area contributed by atoms with Gasteiger partial charge in [0.05, 0.1) is 12.8 Å². The van der Waals surface area contributed by atoms with Gasteiger partial charge in [-0.25, -0.2) is 0 Å². The molecule has 0 radical (unpaired) electrons. The molecule has 2 atom stereocenters. The van der Waals surface area contributed by atoms with Gasteiger partial charge in [0.25, 0.3) is 0 Å². The van der Waals surface area contributed by atoms with Gasteiger partial charge < -0.3 is 9.84 Å². The van der Waals surface area contributed by atoms with E-state index in [-0.39, 0.29) is 18.7 Å². The summed E-state index contributed by atoms with van der Waals surface area (Å²) in [4.78, 5) is 25.1. The van der Waals surface area contributed by atoms with Crippen molar-refractivity contribution >= 4 is 17.6 Å². The predicted octanol–water partition coefficient (Wildman–Crippen LogP) is 0.772. The number of ether oxygens (including phenoxy) is 1. The largest absolute Gasteiger partial charge is 0.468 e. The number of esters is 1. The minimum Gasteiger partial charge on any atom is -0.468 e. The monoisotopic (exact) mass is 247 g/mol. The smallest absolute Gasteiger partial charge is 0.318 e. The molecule has 5 nitrogen and oxygen atoms in total. The van der Waals surface area contributed by atoms with E-state index in [1.165, 1.54) is 12.0 Å². The fourth-order valence-corrected chi connectivity index (χ4v) is 2.96. The van der Waals surface area contributed by atoms with Crippen LogP contribution in [0.5, 0.6) is 0 Å². The first-order valence-electron chi connectivity index (χ1n) is 5.82. The first kappa shape index (κ1) is 11.2. The molecule has 0 bridgehead atoms. The molecule has 1 amide bonds. The molecule has 2 aliphatic rings. The molecule has 0 aliphatic carbocycles. The number of hydrogen-bond donors (Lipinski definition) is 1. The number of anilines is 1.